The van der Waals surface area contributed by atoms with Gasteiger partial charge in [-0.15, -0.1) is 0 Å². The van der Waals surface area contributed by atoms with Gasteiger partial charge in [0, 0.05) is 83.3 Å². The number of nitrogens with zero attached hydrogens (tertiary/aromatic N) is 1. The van der Waals surface area contributed by atoms with E-state index in [0.29, 0.717) is 38.7 Å². The Labute approximate surface area is 723 Å². The third-order valence-corrected chi connectivity index (χ3v) is 20.1. The maximum Gasteiger partial charge on any atom is 0.326 e. The van der Waals surface area contributed by atoms with E-state index < -0.39 is 248 Å². The number of hydrogen-bond acceptors (Lipinski definition) is 22. The quantitative estimate of drug-likeness (QED) is 0.0108. The second kappa shape index (κ2) is 49.7. The number of aliphatic hydroxyl groups is 1. The molecule has 1 fully saturated rings. The molecule has 0 saturated carbocycles. The number of benzene rings is 4. The fourth-order valence-electron chi connectivity index (χ4n) is 13.7. The fraction of sp³-hybridized carbons (Fsp3) is 0.463. The number of fused-ring (bicyclic) bond motifs is 2. The Morgan fingerprint density at radius 3 is 1.64 bits per heavy atom. The summed E-state index contributed by atoms with van der Waals surface area (Å²) in [5, 5.41) is 68.1. The Morgan fingerprint density at radius 2 is 1.06 bits per heavy atom. The summed E-state index contributed by atoms with van der Waals surface area (Å²) >= 11 is 0. The summed E-state index contributed by atoms with van der Waals surface area (Å²) < 4.78 is 7.10. The molecule has 1 aromatic heterocycles. The number of aryl methyl sites for hydroxylation is 1. The molecule has 18 amide bonds. The van der Waals surface area contributed by atoms with Gasteiger partial charge in [0.1, 0.15) is 78.3 Å². The first kappa shape index (κ1) is 100. The van der Waals surface area contributed by atoms with Crippen LogP contribution < -0.4 is 113 Å². The van der Waals surface area contributed by atoms with Crippen molar-refractivity contribution in [3.63, 3.8) is 0 Å². The van der Waals surface area contributed by atoms with Crippen LogP contribution in [0.5, 0.6) is 5.75 Å². The number of hydrogen-bond donors (Lipinski definition) is 23. The standard InChI is InChI=1S/C82H112N22O22/c1-42(105)69-80(123)101-58(36-49-41-104(4)63-21-9-8-17-51(49)63)76(119)95-55(28-29-64(83)108)73(116)93-54(20-14-32-91-82(87)88)72(115)96-56(34-45-23-26-50(126-5)27-24-45)75(118)97-57(35-46-22-25-47-15-6-7-16-48(47)33-46)74(117)94-53(19-10-12-30-89-43(2)106)71(114)100-61(78(121)99-59(37-65(84)109)77(120)102-62(81(124)125)39-67(86)111)40-68(112)90-31-13-11-18-52(92-44(3)107)70(113)98-60(38-66(85)110)79(122)103-69/h6-9,15-17,21-27,33,41-42,52-62,69,105H,10-14,18-20,28-32,34-40H2,1-5H3,(H2,83,108)(H2,84,109)(H2,85,110)(H2,86,111)(H,89,106)(H,90,112)(H,92,107)(H,93,116)(H,94,117)(H,95,119)(H,96,115)(H,97,118)(H,98,113)(H,99,121)(H,100,114)(H,101,123)(H,102,120)(H,103,122)(H,124,125)(H4,87,88,91)/t42-,52-,53+,54+,55+,56+,57+,58+,59+,60+,61-,62+,69?/m1/s1. The van der Waals surface area contributed by atoms with E-state index in [4.69, 9.17) is 38.8 Å². The zero-order valence-corrected chi connectivity index (χ0v) is 70.3. The molecule has 4 aromatic carbocycles. The molecule has 0 radical (unpaired) electrons. The third kappa shape index (κ3) is 33.5. The second-order valence-corrected chi connectivity index (χ2v) is 30.4. The Bertz CT molecular complexity index is 4810. The van der Waals surface area contributed by atoms with Gasteiger partial charge in [0.05, 0.1) is 38.9 Å². The van der Waals surface area contributed by atoms with Gasteiger partial charge in [-0.2, -0.15) is 0 Å². The van der Waals surface area contributed by atoms with Gasteiger partial charge in [0.2, 0.25) is 106 Å². The molecule has 28 N–H and O–H groups in total. The van der Waals surface area contributed by atoms with Crippen molar-refractivity contribution in [2.45, 2.75) is 209 Å². The molecular weight excluding hydrogens is 1650 g/mol. The molecule has 44 heteroatoms. The lowest BCUT2D eigenvalue weighted by Crippen LogP contribution is -2.62. The Kier molecular flexibility index (Phi) is 39.6. The summed E-state index contributed by atoms with van der Waals surface area (Å²) in [6.45, 7) is 2.96. The summed E-state index contributed by atoms with van der Waals surface area (Å²) in [5.74, 6) is -22.2. The number of nitrogens with two attached hydrogens (primary N) is 5. The van der Waals surface area contributed by atoms with Gasteiger partial charge >= 0.3 is 5.97 Å². The predicted octanol–water partition coefficient (Wildman–Crippen LogP) is -6.18. The maximum atomic E-state index is 15.6. The van der Waals surface area contributed by atoms with Crippen molar-refractivity contribution in [3.05, 3.63) is 114 Å². The topological polar surface area (TPSA) is 713 Å². The van der Waals surface area contributed by atoms with Gasteiger partial charge < -0.3 is 128 Å². The molecule has 13 atom stereocenters. The van der Waals surface area contributed by atoms with Crippen LogP contribution in [-0.4, -0.2) is 238 Å². The van der Waals surface area contributed by atoms with Crippen LogP contribution in [0.15, 0.2) is 97.2 Å². The van der Waals surface area contributed by atoms with E-state index in [1.54, 1.807) is 109 Å². The minimum atomic E-state index is -2.14. The molecule has 1 aliphatic rings. The number of primary amides is 4. The molecule has 44 nitrogen and oxygen atoms in total. The van der Waals surface area contributed by atoms with Gasteiger partial charge in [-0.25, -0.2) is 4.79 Å². The molecule has 6 rings (SSSR count). The fourth-order valence-corrected chi connectivity index (χ4v) is 13.7. The summed E-state index contributed by atoms with van der Waals surface area (Å²) in [6.07, 6.45) is -7.73. The number of aliphatic hydroxyl groups excluding tert-OH is 1. The molecule has 1 saturated heterocycles. The molecular formula is C82H112N22O22. The first-order valence-corrected chi connectivity index (χ1v) is 40.6. The molecule has 126 heavy (non-hydrogen) atoms. The van der Waals surface area contributed by atoms with Crippen molar-refractivity contribution in [3.8, 4) is 5.75 Å². The smallest absolute Gasteiger partial charge is 0.326 e. The van der Waals surface area contributed by atoms with Crippen LogP contribution in [0.25, 0.3) is 21.7 Å². The number of aliphatic carboxylic acids is 1. The highest BCUT2D eigenvalue weighted by Gasteiger charge is 2.40. The van der Waals surface area contributed by atoms with Crippen LogP contribution in [0, 0.1) is 5.41 Å². The van der Waals surface area contributed by atoms with Gasteiger partial charge in [-0.3, -0.25) is 91.7 Å². The molecule has 0 bridgehead atoms. The van der Waals surface area contributed by atoms with Gasteiger partial charge in [0.15, 0.2) is 5.96 Å². The molecule has 1 unspecified atom stereocenters. The molecule has 1 aliphatic heterocycles. The Balaban J connectivity index is 1.55. The average Bonchev–Trinajstić information content (AvgIpc) is 1.44. The first-order valence-electron chi connectivity index (χ1n) is 40.6. The van der Waals surface area contributed by atoms with Gasteiger partial charge in [0.25, 0.3) is 0 Å². The highest BCUT2D eigenvalue weighted by molar-refractivity contribution is 6.02. The normalized spacial score (nSPS) is 21.0. The van der Waals surface area contributed by atoms with E-state index >= 15 is 28.8 Å². The maximum absolute atomic E-state index is 15.6. The number of amides is 18. The van der Waals surface area contributed by atoms with E-state index in [9.17, 15) is 72.5 Å². The Morgan fingerprint density at radius 1 is 0.540 bits per heavy atom. The van der Waals surface area contributed by atoms with E-state index in [-0.39, 0.29) is 77.4 Å². The van der Waals surface area contributed by atoms with E-state index in [1.165, 1.54) is 14.0 Å². The number of carboxylic acids is 1. The van der Waals surface area contributed by atoms with Crippen LogP contribution in [0.3, 0.4) is 0 Å². The highest BCUT2D eigenvalue weighted by atomic mass is 16.5. The summed E-state index contributed by atoms with van der Waals surface area (Å²) in [5.41, 5.74) is 29.4. The average molecular weight is 1760 g/mol. The van der Waals surface area contributed by atoms with Crippen molar-refractivity contribution < 1.29 is 106 Å². The number of para-hydroxylation sites is 1. The molecule has 5 aromatic rings. The number of carbonyl (C=O) groups excluding carboxylic acids is 18. The minimum Gasteiger partial charge on any atom is -0.497 e. The number of aromatic nitrogens is 1. The molecule has 0 aliphatic carbocycles. The van der Waals surface area contributed by atoms with Crippen LogP contribution >= 0.6 is 0 Å². The predicted molar refractivity (Wildman–Crippen MR) is 452 cm³/mol. The van der Waals surface area contributed by atoms with Crippen molar-refractivity contribution in [2.75, 3.05) is 26.7 Å². The van der Waals surface area contributed by atoms with Crippen molar-refractivity contribution in [1.82, 2.24) is 84.3 Å². The largest absolute Gasteiger partial charge is 0.497 e. The van der Waals surface area contributed by atoms with Gasteiger partial charge in [-0.1, -0.05) is 72.8 Å². The van der Waals surface area contributed by atoms with E-state index in [1.807, 2.05) is 5.32 Å². The van der Waals surface area contributed by atoms with Crippen molar-refractivity contribution in [1.29, 1.82) is 5.41 Å². The molecule has 0 spiro atoms. The van der Waals surface area contributed by atoms with Crippen molar-refractivity contribution >= 4 is 140 Å². The number of methoxy groups -OCH3 is 1. The van der Waals surface area contributed by atoms with Crippen LogP contribution in [0.1, 0.15) is 127 Å². The molecule has 682 valence electrons. The summed E-state index contributed by atoms with van der Waals surface area (Å²) in [4.78, 5) is 265. The van der Waals surface area contributed by atoms with E-state index in [0.717, 1.165) is 19.2 Å². The van der Waals surface area contributed by atoms with Crippen LogP contribution in [0.4, 0.5) is 0 Å². The summed E-state index contributed by atoms with van der Waals surface area (Å²) in [7, 11) is 3.09. The first-order chi connectivity index (χ1) is 59.7. The lowest BCUT2D eigenvalue weighted by atomic mass is 9.99. The number of rotatable bonds is 32. The monoisotopic (exact) mass is 1760 g/mol. The number of carbonyl (C=O) groups is 19. The molecule has 2 heterocycles. The number of nitrogens with one attached hydrogen (secondary N) is 16. The van der Waals surface area contributed by atoms with Crippen LogP contribution in [0.2, 0.25) is 0 Å². The number of ether oxygens (including phenoxy) is 1. The second-order valence-electron chi connectivity index (χ2n) is 30.4. The zero-order valence-electron chi connectivity index (χ0n) is 70.3. The number of carboxylic acid groups (broad SMARTS) is 1. The minimum absolute atomic E-state index is 0.00585. The lowest BCUT2D eigenvalue weighted by Gasteiger charge is -2.29. The summed E-state index contributed by atoms with van der Waals surface area (Å²) in [6, 6.07) is 2.78. The number of guanidine groups is 1. The zero-order chi connectivity index (χ0) is 93.0. The Hall–Kier alpha value is -14.4. The van der Waals surface area contributed by atoms with Crippen LogP contribution in [-0.2, 0) is 117 Å². The number of unbranched alkanes of at least 4 members (excludes halogenated alkanes) is 1. The van der Waals surface area contributed by atoms with Gasteiger partial charge in [-0.05, 0) is 110 Å². The SMILES string of the molecule is COc1ccc(C[C@@H]2NC(=O)[C@H](CCCNC(=N)N)NC(=O)[C@H](CCC(N)=O)NC(=O)[C@H](Cc3cn(C)c4ccccc34)NC(=O)C([C@@H](C)O)NC(=O)[C@H](CC(N)=O)NC(=O)[C@H](NC(C)=O)CCCCNC(=O)C[C@H](C(=O)N[C@@H](CC(N)=O)C(=O)N[C@@H](CC(N)=O)C(=O)O)NC(=O)[C@H](CCCCNC(C)=O)NC(=O)[C@H](Cc3ccc4ccccc4c3)NC2=O)cc1. The van der Waals surface area contributed by atoms with E-state index in [2.05, 4.69) is 74.4 Å². The lowest BCUT2D eigenvalue weighted by molar-refractivity contribution is -0.144. The highest BCUT2D eigenvalue weighted by Crippen LogP contribution is 2.24. The van der Waals surface area contributed by atoms with Crippen molar-refractivity contribution in [2.24, 2.45) is 35.7 Å². The third-order valence-electron chi connectivity index (χ3n) is 20.1.